The van der Waals surface area contributed by atoms with E-state index in [1.54, 1.807) is 13.0 Å². The number of aliphatic hydroxyl groups is 2. The number of hydrogen-bond acceptors (Lipinski definition) is 8. The number of nitrogens with zero attached hydrogens (tertiary/aromatic N) is 1. The first-order valence-corrected chi connectivity index (χ1v) is 15.8. The summed E-state index contributed by atoms with van der Waals surface area (Å²) in [6, 6.07) is 13.3. The Kier molecular flexibility index (Phi) is 10.8. The summed E-state index contributed by atoms with van der Waals surface area (Å²) in [5.74, 6) is 0.489. The van der Waals surface area contributed by atoms with Gasteiger partial charge in [0.25, 0.3) is 10.0 Å². The van der Waals surface area contributed by atoms with Crippen molar-refractivity contribution >= 4 is 16.1 Å². The van der Waals surface area contributed by atoms with E-state index in [1.165, 1.54) is 17.1 Å². The normalized spacial score (nSPS) is 22.1. The lowest BCUT2D eigenvalue weighted by Crippen LogP contribution is -2.54. The predicted molar refractivity (Wildman–Crippen MR) is 154 cm³/mol. The fraction of sp³-hybridized carbons (Fsp3) is 0.567. The highest BCUT2D eigenvalue weighted by molar-refractivity contribution is 7.89. The zero-order valence-corrected chi connectivity index (χ0v) is 24.8. The zero-order chi connectivity index (χ0) is 29.6. The largest absolute Gasteiger partial charge is 0.446 e. The van der Waals surface area contributed by atoms with E-state index in [1.807, 2.05) is 44.2 Å². The number of alkyl carbamates (subject to hydrolysis) is 1. The highest BCUT2D eigenvalue weighted by Gasteiger charge is 2.40. The van der Waals surface area contributed by atoms with Crippen LogP contribution in [0.4, 0.5) is 4.79 Å². The first kappa shape index (κ1) is 31.4. The van der Waals surface area contributed by atoms with E-state index in [-0.39, 0.29) is 36.2 Å². The van der Waals surface area contributed by atoms with Crippen molar-refractivity contribution in [3.63, 3.8) is 0 Å². The number of hydrogen-bond donors (Lipinski definition) is 4. The van der Waals surface area contributed by atoms with E-state index in [9.17, 15) is 23.4 Å². The SMILES string of the molecule is Cc1ccc(S(=O)(=O)NN(CC(C)C)C[C@@H](O)[C@H](Cc2ccccc2)NC(=O)O[C@@H]2C[C@@H]3CCO[C@@H]3C2)cc1CO. The van der Waals surface area contributed by atoms with Crippen molar-refractivity contribution in [1.29, 1.82) is 0 Å². The second-order valence-electron chi connectivity index (χ2n) is 11.6. The molecule has 1 saturated carbocycles. The third kappa shape index (κ3) is 8.73. The monoisotopic (exact) mass is 589 g/mol. The van der Waals surface area contributed by atoms with Gasteiger partial charge in [0.2, 0.25) is 0 Å². The molecule has 5 atom stereocenters. The molecule has 4 rings (SSSR count). The standard InChI is InChI=1S/C30H43N3O7S/c1-20(2)17-33(32-41(37,38)26-10-9-21(3)24(15-26)19-34)18-28(35)27(13-22-7-5-4-6-8-22)31-30(36)40-25-14-23-11-12-39-29(23)16-25/h4-10,15,20,23,25,27-29,32,34-35H,11-14,16-19H2,1-3H3,(H,31,36)/t23-,25+,27-,28+,29+/m0/s1. The summed E-state index contributed by atoms with van der Waals surface area (Å²) < 4.78 is 38.0. The van der Waals surface area contributed by atoms with Crippen LogP contribution >= 0.6 is 0 Å². The summed E-state index contributed by atoms with van der Waals surface area (Å²) in [6.07, 6.45) is 0.920. The van der Waals surface area contributed by atoms with E-state index < -0.39 is 28.3 Å². The minimum atomic E-state index is -4.00. The van der Waals surface area contributed by atoms with Crippen LogP contribution in [0.1, 0.15) is 49.8 Å². The molecule has 1 saturated heterocycles. The topological polar surface area (TPSA) is 137 Å². The predicted octanol–water partition coefficient (Wildman–Crippen LogP) is 2.90. The van der Waals surface area contributed by atoms with E-state index in [0.717, 1.165) is 30.6 Å². The van der Waals surface area contributed by atoms with Gasteiger partial charge in [0.05, 0.1) is 29.8 Å². The fourth-order valence-electron chi connectivity index (χ4n) is 5.65. The number of aliphatic hydroxyl groups excluding tert-OH is 2. The molecule has 4 N–H and O–H groups in total. The average Bonchev–Trinajstić information content (AvgIpc) is 3.50. The van der Waals surface area contributed by atoms with Crippen molar-refractivity contribution in [1.82, 2.24) is 15.2 Å². The van der Waals surface area contributed by atoms with Crippen molar-refractivity contribution in [2.75, 3.05) is 19.7 Å². The van der Waals surface area contributed by atoms with Crippen molar-refractivity contribution in [3.8, 4) is 0 Å². The Hall–Kier alpha value is -2.54. The van der Waals surface area contributed by atoms with Crippen molar-refractivity contribution in [2.45, 2.75) is 82.3 Å². The van der Waals surface area contributed by atoms with Gasteiger partial charge in [0.1, 0.15) is 6.10 Å². The molecule has 0 radical (unpaired) electrons. The quantitative estimate of drug-likeness (QED) is 0.262. The Morgan fingerprint density at radius 1 is 1.15 bits per heavy atom. The molecule has 0 unspecified atom stereocenters. The van der Waals surface area contributed by atoms with Crippen molar-refractivity contribution in [3.05, 3.63) is 65.2 Å². The summed E-state index contributed by atoms with van der Waals surface area (Å²) in [5, 5.41) is 25.3. The highest BCUT2D eigenvalue weighted by atomic mass is 32.2. The maximum Gasteiger partial charge on any atom is 0.407 e. The molecule has 2 aliphatic rings. The first-order valence-electron chi connectivity index (χ1n) is 14.3. The van der Waals surface area contributed by atoms with Crippen molar-refractivity contribution in [2.24, 2.45) is 11.8 Å². The molecule has 10 nitrogen and oxygen atoms in total. The molecule has 226 valence electrons. The molecule has 1 aliphatic heterocycles. The van der Waals surface area contributed by atoms with Gasteiger partial charge in [0.15, 0.2) is 0 Å². The number of carbonyl (C=O) groups is 1. The number of fused-ring (bicyclic) bond motifs is 1. The Labute approximate surface area is 243 Å². The molecule has 41 heavy (non-hydrogen) atoms. The minimum Gasteiger partial charge on any atom is -0.446 e. The van der Waals surface area contributed by atoms with E-state index in [0.29, 0.717) is 30.9 Å². The first-order chi connectivity index (χ1) is 19.5. The lowest BCUT2D eigenvalue weighted by Gasteiger charge is -2.31. The van der Waals surface area contributed by atoms with Gasteiger partial charge in [-0.3, -0.25) is 0 Å². The third-order valence-corrected chi connectivity index (χ3v) is 9.16. The van der Waals surface area contributed by atoms with Gasteiger partial charge in [-0.15, -0.1) is 4.83 Å². The van der Waals surface area contributed by atoms with Gasteiger partial charge < -0.3 is 25.0 Å². The lowest BCUT2D eigenvalue weighted by molar-refractivity contribution is 0.0457. The zero-order valence-electron chi connectivity index (χ0n) is 24.0. The fourth-order valence-corrected chi connectivity index (χ4v) is 6.79. The number of amides is 1. The number of rotatable bonds is 13. The van der Waals surface area contributed by atoms with E-state index in [2.05, 4.69) is 10.1 Å². The smallest absolute Gasteiger partial charge is 0.407 e. The third-order valence-electron chi connectivity index (χ3n) is 7.79. The van der Waals surface area contributed by atoms with E-state index in [4.69, 9.17) is 9.47 Å². The maximum absolute atomic E-state index is 13.3. The molecule has 2 fully saturated rings. The van der Waals surface area contributed by atoms with Gasteiger partial charge in [-0.25, -0.2) is 18.2 Å². The Balaban J connectivity index is 1.46. The van der Waals surface area contributed by atoms with Crippen molar-refractivity contribution < 1.29 is 32.9 Å². The van der Waals surface area contributed by atoms with Crippen LogP contribution in [0.25, 0.3) is 0 Å². The Morgan fingerprint density at radius 2 is 1.90 bits per heavy atom. The molecule has 1 aliphatic carbocycles. The number of aryl methyl sites for hydroxylation is 1. The molecule has 11 heteroatoms. The van der Waals surface area contributed by atoms with Crippen LogP contribution in [-0.4, -0.2) is 73.8 Å². The second kappa shape index (κ2) is 14.1. The van der Waals surface area contributed by atoms with Crippen LogP contribution in [0, 0.1) is 18.8 Å². The molecule has 2 aromatic rings. The number of hydrazine groups is 1. The van der Waals surface area contributed by atoms with Crippen LogP contribution in [0.3, 0.4) is 0 Å². The Morgan fingerprint density at radius 3 is 2.59 bits per heavy atom. The minimum absolute atomic E-state index is 0.0169. The van der Waals surface area contributed by atoms with Crippen LogP contribution in [0.15, 0.2) is 53.4 Å². The van der Waals surface area contributed by atoms with E-state index >= 15 is 0 Å². The van der Waals surface area contributed by atoms with Gasteiger partial charge in [0, 0.05) is 26.1 Å². The summed E-state index contributed by atoms with van der Waals surface area (Å²) in [4.78, 5) is 15.6. The molecule has 0 bridgehead atoms. The molecular formula is C30H43N3O7S. The van der Waals surface area contributed by atoms with Crippen LogP contribution in [0.5, 0.6) is 0 Å². The molecule has 1 heterocycles. The summed E-state index contributed by atoms with van der Waals surface area (Å²) >= 11 is 0. The highest BCUT2D eigenvalue weighted by Crippen LogP contribution is 2.37. The molecule has 0 aromatic heterocycles. The molecule has 1 amide bonds. The molecule has 2 aromatic carbocycles. The second-order valence-corrected chi connectivity index (χ2v) is 13.3. The van der Waals surface area contributed by atoms with Crippen LogP contribution in [-0.2, 0) is 32.5 Å². The maximum atomic E-state index is 13.3. The number of carbonyl (C=O) groups excluding carboxylic acids is 1. The summed E-state index contributed by atoms with van der Waals surface area (Å²) in [7, 11) is -4.00. The van der Waals surface area contributed by atoms with Gasteiger partial charge in [-0.1, -0.05) is 50.2 Å². The van der Waals surface area contributed by atoms with Gasteiger partial charge in [-0.2, -0.15) is 0 Å². The molecular weight excluding hydrogens is 546 g/mol. The number of nitrogens with one attached hydrogen (secondary N) is 2. The molecule has 0 spiro atoms. The van der Waals surface area contributed by atoms with Crippen LogP contribution in [0.2, 0.25) is 0 Å². The van der Waals surface area contributed by atoms with Gasteiger partial charge >= 0.3 is 6.09 Å². The van der Waals surface area contributed by atoms with Gasteiger partial charge in [-0.05, 0) is 66.8 Å². The number of benzene rings is 2. The van der Waals surface area contributed by atoms with Crippen LogP contribution < -0.4 is 10.1 Å². The lowest BCUT2D eigenvalue weighted by atomic mass is 10.0. The summed E-state index contributed by atoms with van der Waals surface area (Å²) in [5.41, 5.74) is 2.22. The summed E-state index contributed by atoms with van der Waals surface area (Å²) in [6.45, 7) is 6.42. The number of sulfonamides is 1. The Bertz CT molecular complexity index is 1250. The number of ether oxygens (including phenoxy) is 2. The average molecular weight is 590 g/mol.